The normalized spacial score (nSPS) is 44.1. The van der Waals surface area contributed by atoms with E-state index in [-0.39, 0.29) is 17.4 Å². The molecule has 4 saturated carbocycles. The Morgan fingerprint density at radius 1 is 1.29 bits per heavy atom. The van der Waals surface area contributed by atoms with Gasteiger partial charge in [0.1, 0.15) is 5.75 Å². The number of carbonyl (C=O) groups is 1. The molecule has 4 aliphatic rings. The second-order valence-corrected chi connectivity index (χ2v) is 9.22. The van der Waals surface area contributed by atoms with Crippen molar-refractivity contribution in [2.24, 2.45) is 23.2 Å². The Labute approximate surface area is 150 Å². The number of hydrogen-bond donors (Lipinski definition) is 2. The molecule has 1 aromatic carbocycles. The van der Waals surface area contributed by atoms with Crippen molar-refractivity contribution in [3.8, 4) is 5.75 Å². The molecular weight excluding hydrogens is 370 g/mol. The maximum absolute atomic E-state index is 12.9. The summed E-state index contributed by atoms with van der Waals surface area (Å²) in [5.41, 5.74) is 0.336. The van der Waals surface area contributed by atoms with Crippen molar-refractivity contribution in [2.45, 2.75) is 43.7 Å². The second kappa shape index (κ2) is 4.76. The summed E-state index contributed by atoms with van der Waals surface area (Å²) >= 11 is 3.41. The average Bonchev–Trinajstić information content (AvgIpc) is 2.91. The van der Waals surface area contributed by atoms with Gasteiger partial charge in [-0.25, -0.2) is 0 Å². The van der Waals surface area contributed by atoms with E-state index in [0.717, 1.165) is 30.2 Å². The SMILES string of the molecule is COc1cc(Br)ccc1C(=O)N[C@H]1C2CC3C[C@@]4(O)CC1CC34C2. The van der Waals surface area contributed by atoms with E-state index in [4.69, 9.17) is 4.74 Å². The van der Waals surface area contributed by atoms with Crippen LogP contribution in [0, 0.1) is 23.2 Å². The van der Waals surface area contributed by atoms with Crippen LogP contribution >= 0.6 is 15.9 Å². The molecule has 24 heavy (non-hydrogen) atoms. The first kappa shape index (κ1) is 15.2. The van der Waals surface area contributed by atoms with Gasteiger partial charge >= 0.3 is 0 Å². The second-order valence-electron chi connectivity index (χ2n) is 8.30. The van der Waals surface area contributed by atoms with Crippen LogP contribution in [0.25, 0.3) is 0 Å². The molecule has 1 aromatic rings. The van der Waals surface area contributed by atoms with Gasteiger partial charge in [0.05, 0.1) is 18.3 Å². The Bertz CT molecular complexity index is 733. The molecule has 0 heterocycles. The van der Waals surface area contributed by atoms with Crippen molar-refractivity contribution in [3.05, 3.63) is 28.2 Å². The van der Waals surface area contributed by atoms with E-state index in [2.05, 4.69) is 21.2 Å². The fourth-order valence-corrected chi connectivity index (χ4v) is 6.91. The summed E-state index contributed by atoms with van der Waals surface area (Å²) in [5, 5.41) is 14.2. The quantitative estimate of drug-likeness (QED) is 0.831. The smallest absolute Gasteiger partial charge is 0.255 e. The Balaban J connectivity index is 1.40. The largest absolute Gasteiger partial charge is 0.496 e. The highest BCUT2D eigenvalue weighted by Crippen LogP contribution is 2.77. The van der Waals surface area contributed by atoms with Crippen LogP contribution in [0.2, 0.25) is 0 Å². The summed E-state index contributed by atoms with van der Waals surface area (Å²) in [5.74, 6) is 2.16. The summed E-state index contributed by atoms with van der Waals surface area (Å²) in [6.07, 6.45) is 5.20. The lowest BCUT2D eigenvalue weighted by atomic mass is 9.53. The van der Waals surface area contributed by atoms with Crippen LogP contribution in [0.5, 0.6) is 5.75 Å². The molecule has 4 nitrogen and oxygen atoms in total. The summed E-state index contributed by atoms with van der Waals surface area (Å²) < 4.78 is 6.26. The monoisotopic (exact) mass is 391 g/mol. The highest BCUT2D eigenvalue weighted by Gasteiger charge is 2.76. The number of halogens is 1. The van der Waals surface area contributed by atoms with Crippen LogP contribution in [0.15, 0.2) is 22.7 Å². The number of nitrogens with one attached hydrogen (secondary N) is 1. The summed E-state index contributed by atoms with van der Waals surface area (Å²) in [4.78, 5) is 12.9. The summed E-state index contributed by atoms with van der Waals surface area (Å²) in [6, 6.07) is 5.69. The maximum Gasteiger partial charge on any atom is 0.255 e. The van der Waals surface area contributed by atoms with Gasteiger partial charge < -0.3 is 15.2 Å². The van der Waals surface area contributed by atoms with E-state index in [0.29, 0.717) is 29.1 Å². The molecule has 4 fully saturated rings. The number of hydrogen-bond acceptors (Lipinski definition) is 3. The Hall–Kier alpha value is -1.07. The third-order valence-electron chi connectivity index (χ3n) is 7.45. The minimum Gasteiger partial charge on any atom is -0.496 e. The van der Waals surface area contributed by atoms with Crippen molar-refractivity contribution >= 4 is 21.8 Å². The Kier molecular flexibility index (Phi) is 3.02. The van der Waals surface area contributed by atoms with Crippen LogP contribution in [0.4, 0.5) is 0 Å². The van der Waals surface area contributed by atoms with Crippen LogP contribution in [-0.2, 0) is 0 Å². The van der Waals surface area contributed by atoms with Gasteiger partial charge in [-0.15, -0.1) is 0 Å². The topological polar surface area (TPSA) is 58.6 Å². The lowest BCUT2D eigenvalue weighted by Crippen LogP contribution is -2.57. The Morgan fingerprint density at radius 2 is 2.08 bits per heavy atom. The molecule has 0 saturated heterocycles. The zero-order valence-electron chi connectivity index (χ0n) is 13.7. The molecule has 0 aliphatic heterocycles. The molecule has 1 amide bonds. The number of fused-ring (bicyclic) bond motifs is 2. The molecule has 2 N–H and O–H groups in total. The molecule has 4 unspecified atom stereocenters. The lowest BCUT2D eigenvalue weighted by molar-refractivity contribution is -0.176. The third kappa shape index (κ3) is 1.75. The van der Waals surface area contributed by atoms with E-state index < -0.39 is 5.60 Å². The van der Waals surface area contributed by atoms with Gasteiger partial charge in [0.25, 0.3) is 5.91 Å². The van der Waals surface area contributed by atoms with Gasteiger partial charge in [0, 0.05) is 15.9 Å². The van der Waals surface area contributed by atoms with E-state index in [1.807, 2.05) is 12.1 Å². The van der Waals surface area contributed by atoms with Crippen LogP contribution < -0.4 is 10.1 Å². The molecule has 5 rings (SSSR count). The minimum atomic E-state index is -0.439. The lowest BCUT2D eigenvalue weighted by Gasteiger charge is -2.55. The van der Waals surface area contributed by atoms with Gasteiger partial charge in [-0.1, -0.05) is 15.9 Å². The molecule has 128 valence electrons. The number of ether oxygens (including phenoxy) is 1. The first-order valence-corrected chi connectivity index (χ1v) is 9.62. The standard InChI is InChI=1S/C19H22BrNO3/c1-24-15-5-13(20)2-3-14(15)17(22)21-16-10-4-12-9-19(23)8-11(16)7-18(12,19)6-10/h2-3,5,10-12,16,23H,4,6-9H2,1H3,(H,21,22)/t10?,11?,12?,16-,18?,19-/m0/s1. The van der Waals surface area contributed by atoms with Crippen LogP contribution in [0.1, 0.15) is 42.5 Å². The zero-order chi connectivity index (χ0) is 16.7. The molecule has 6 atom stereocenters. The van der Waals surface area contributed by atoms with Gasteiger partial charge in [0.15, 0.2) is 0 Å². The summed E-state index contributed by atoms with van der Waals surface area (Å²) in [6.45, 7) is 0. The van der Waals surface area contributed by atoms with E-state index >= 15 is 0 Å². The molecule has 0 aromatic heterocycles. The molecule has 0 radical (unpaired) electrons. The third-order valence-corrected chi connectivity index (χ3v) is 7.95. The molecule has 3 bridgehead atoms. The van der Waals surface area contributed by atoms with E-state index in [1.54, 1.807) is 13.2 Å². The highest BCUT2D eigenvalue weighted by molar-refractivity contribution is 9.10. The zero-order valence-corrected chi connectivity index (χ0v) is 15.3. The number of aliphatic hydroxyl groups is 1. The van der Waals surface area contributed by atoms with Gasteiger partial charge in [0.2, 0.25) is 0 Å². The Morgan fingerprint density at radius 3 is 2.88 bits per heavy atom. The van der Waals surface area contributed by atoms with E-state index in [1.165, 1.54) is 6.42 Å². The number of methoxy groups -OCH3 is 1. The predicted octanol–water partition coefficient (Wildman–Crippen LogP) is 3.13. The number of benzene rings is 1. The molecule has 4 aliphatic carbocycles. The molecule has 5 heteroatoms. The van der Waals surface area contributed by atoms with Crippen molar-refractivity contribution in [1.29, 1.82) is 0 Å². The fraction of sp³-hybridized carbons (Fsp3) is 0.632. The first-order chi connectivity index (χ1) is 11.5. The number of amides is 1. The highest BCUT2D eigenvalue weighted by atomic mass is 79.9. The van der Waals surface area contributed by atoms with E-state index in [9.17, 15) is 9.90 Å². The van der Waals surface area contributed by atoms with Crippen molar-refractivity contribution in [3.63, 3.8) is 0 Å². The number of carbonyl (C=O) groups excluding carboxylic acids is 1. The summed E-state index contributed by atoms with van der Waals surface area (Å²) in [7, 11) is 1.59. The first-order valence-electron chi connectivity index (χ1n) is 8.82. The minimum absolute atomic E-state index is 0.0590. The van der Waals surface area contributed by atoms with Gasteiger partial charge in [-0.3, -0.25) is 4.79 Å². The van der Waals surface area contributed by atoms with Gasteiger partial charge in [-0.05, 0) is 68.1 Å². The molecule has 1 spiro atoms. The van der Waals surface area contributed by atoms with Crippen LogP contribution in [0.3, 0.4) is 0 Å². The number of rotatable bonds is 3. The maximum atomic E-state index is 12.9. The average molecular weight is 392 g/mol. The predicted molar refractivity (Wildman–Crippen MR) is 92.9 cm³/mol. The van der Waals surface area contributed by atoms with Crippen molar-refractivity contribution < 1.29 is 14.6 Å². The fourth-order valence-electron chi connectivity index (χ4n) is 6.57. The van der Waals surface area contributed by atoms with Gasteiger partial charge in [-0.2, -0.15) is 0 Å². The van der Waals surface area contributed by atoms with Crippen molar-refractivity contribution in [2.75, 3.05) is 7.11 Å². The molecular formula is C19H22BrNO3. The van der Waals surface area contributed by atoms with Crippen LogP contribution in [-0.4, -0.2) is 29.8 Å². The van der Waals surface area contributed by atoms with Crippen molar-refractivity contribution in [1.82, 2.24) is 5.32 Å².